The van der Waals surface area contributed by atoms with Gasteiger partial charge < -0.3 is 0 Å². The fourth-order valence-corrected chi connectivity index (χ4v) is 6.53. The molecule has 0 aliphatic carbocycles. The van der Waals surface area contributed by atoms with Crippen LogP contribution in [0.1, 0.15) is 22.3 Å². The van der Waals surface area contributed by atoms with Crippen LogP contribution in [-0.4, -0.2) is 19.1 Å². The lowest BCUT2D eigenvalue weighted by molar-refractivity contribution is 0.547. The summed E-state index contributed by atoms with van der Waals surface area (Å²) >= 11 is 2.95. The fourth-order valence-electron chi connectivity index (χ4n) is 4.71. The van der Waals surface area contributed by atoms with E-state index >= 15 is 0 Å². The second-order valence-corrected chi connectivity index (χ2v) is 11.5. The Morgan fingerprint density at radius 3 is 1.45 bits per heavy atom. The number of rotatable bonds is 5. The molecule has 6 rings (SSSR count). The number of hydrogen-bond acceptors (Lipinski definition) is 6. The molecule has 0 N–H and O–H groups in total. The Balaban J connectivity index is 1.36. The van der Waals surface area contributed by atoms with Crippen molar-refractivity contribution in [1.82, 2.24) is 19.1 Å². The maximum atomic E-state index is 13.5. The predicted molar refractivity (Wildman–Crippen MR) is 158 cm³/mol. The Kier molecular flexibility index (Phi) is 6.08. The van der Waals surface area contributed by atoms with E-state index in [1.807, 2.05) is 10.8 Å². The van der Waals surface area contributed by atoms with Crippen LogP contribution in [0.2, 0.25) is 0 Å². The van der Waals surface area contributed by atoms with Crippen molar-refractivity contribution in [2.24, 2.45) is 0 Å². The van der Waals surface area contributed by atoms with Gasteiger partial charge in [-0.15, -0.1) is 22.7 Å². The van der Waals surface area contributed by atoms with Crippen molar-refractivity contribution >= 4 is 43.1 Å². The first-order valence-corrected chi connectivity index (χ1v) is 14.2. The summed E-state index contributed by atoms with van der Waals surface area (Å²) in [4.78, 5) is 37.6. The first-order chi connectivity index (χ1) is 18.3. The van der Waals surface area contributed by atoms with E-state index < -0.39 is 0 Å². The average Bonchev–Trinajstić information content (AvgIpc) is 3.54. The van der Waals surface area contributed by atoms with Gasteiger partial charge in [0, 0.05) is 35.0 Å². The third kappa shape index (κ3) is 4.10. The summed E-state index contributed by atoms with van der Waals surface area (Å²) in [7, 11) is 0. The Labute approximate surface area is 227 Å². The average molecular weight is 539 g/mol. The molecule has 0 saturated heterocycles. The van der Waals surface area contributed by atoms with Gasteiger partial charge in [0.2, 0.25) is 0 Å². The summed E-state index contributed by atoms with van der Waals surface area (Å²) in [5.74, 6) is 0. The predicted octanol–water partition coefficient (Wildman–Crippen LogP) is 6.50. The molecule has 0 spiro atoms. The summed E-state index contributed by atoms with van der Waals surface area (Å²) in [6, 6.07) is 12.5. The highest BCUT2D eigenvalue weighted by Gasteiger charge is 2.16. The zero-order valence-corrected chi connectivity index (χ0v) is 23.2. The van der Waals surface area contributed by atoms with Gasteiger partial charge in [0.25, 0.3) is 11.1 Å². The highest BCUT2D eigenvalue weighted by Crippen LogP contribution is 2.33. The monoisotopic (exact) mass is 538 g/mol. The van der Waals surface area contributed by atoms with Crippen LogP contribution in [0.4, 0.5) is 0 Å². The summed E-state index contributed by atoms with van der Waals surface area (Å²) in [6.07, 6.45) is 3.15. The van der Waals surface area contributed by atoms with Gasteiger partial charge in [0.15, 0.2) is 0 Å². The Hall–Kier alpha value is -3.88. The van der Waals surface area contributed by atoms with Crippen LogP contribution in [0, 0.1) is 27.7 Å². The van der Waals surface area contributed by atoms with Gasteiger partial charge in [0.1, 0.15) is 9.66 Å². The zero-order chi connectivity index (χ0) is 26.6. The summed E-state index contributed by atoms with van der Waals surface area (Å²) < 4.78 is 3.18. The standard InChI is InChI=1S/C30H26N4O2S2/c1-17-5-7-21(11-19(17)3)23-13-37-27-25(23)29(35)33(15-31-27)9-10-34-16-32-28-26(30(34)36)24(14-38-28)22-8-6-18(2)20(4)12-22/h5-8,11-16H,9-10H2,1-4H3. The normalized spacial score (nSPS) is 11.6. The van der Waals surface area contributed by atoms with E-state index in [1.54, 1.807) is 21.8 Å². The molecule has 2 aromatic carbocycles. The molecule has 0 radical (unpaired) electrons. The van der Waals surface area contributed by atoms with Gasteiger partial charge in [-0.2, -0.15) is 0 Å². The van der Waals surface area contributed by atoms with Gasteiger partial charge in [-0.25, -0.2) is 9.97 Å². The number of aryl methyl sites for hydroxylation is 6. The molecule has 0 fully saturated rings. The van der Waals surface area contributed by atoms with Crippen LogP contribution >= 0.6 is 22.7 Å². The SMILES string of the molecule is Cc1ccc(-c2csc3ncn(CCn4cnc5scc(-c6ccc(C)c(C)c6)c5c4=O)c(=O)c23)cc1C. The van der Waals surface area contributed by atoms with Gasteiger partial charge in [-0.1, -0.05) is 36.4 Å². The molecule has 6 nitrogen and oxygen atoms in total. The Morgan fingerprint density at radius 1 is 0.632 bits per heavy atom. The van der Waals surface area contributed by atoms with Crippen LogP contribution in [0.5, 0.6) is 0 Å². The lowest BCUT2D eigenvalue weighted by Crippen LogP contribution is -2.27. The smallest absolute Gasteiger partial charge is 0.262 e. The van der Waals surface area contributed by atoms with E-state index in [0.717, 1.165) is 31.9 Å². The van der Waals surface area contributed by atoms with E-state index in [9.17, 15) is 9.59 Å². The molecule has 8 heteroatoms. The highest BCUT2D eigenvalue weighted by molar-refractivity contribution is 7.17. The number of aromatic nitrogens is 4. The van der Waals surface area contributed by atoms with Crippen molar-refractivity contribution in [1.29, 1.82) is 0 Å². The number of benzene rings is 2. The van der Waals surface area contributed by atoms with E-state index in [0.29, 0.717) is 23.9 Å². The van der Waals surface area contributed by atoms with Gasteiger partial charge in [-0.3, -0.25) is 18.7 Å². The lowest BCUT2D eigenvalue weighted by atomic mass is 10.0. The van der Waals surface area contributed by atoms with Crippen molar-refractivity contribution in [3.05, 3.63) is 103 Å². The number of nitrogens with zero attached hydrogens (tertiary/aromatic N) is 4. The van der Waals surface area contributed by atoms with Crippen LogP contribution in [0.15, 0.2) is 69.4 Å². The highest BCUT2D eigenvalue weighted by atomic mass is 32.1. The molecule has 4 heterocycles. The number of fused-ring (bicyclic) bond motifs is 2. The minimum atomic E-state index is -0.0992. The molecule has 0 aliphatic rings. The number of hydrogen-bond donors (Lipinski definition) is 0. The lowest BCUT2D eigenvalue weighted by Gasteiger charge is -2.10. The summed E-state index contributed by atoms with van der Waals surface area (Å²) in [5.41, 5.74) is 8.42. The Bertz CT molecular complexity index is 1830. The number of thiophene rings is 2. The molecule has 6 aromatic rings. The molecular weight excluding hydrogens is 512 g/mol. The fraction of sp³-hybridized carbons (Fsp3) is 0.200. The molecule has 0 bridgehead atoms. The van der Waals surface area contributed by atoms with Gasteiger partial charge in [0.05, 0.1) is 23.4 Å². The van der Waals surface area contributed by atoms with Crippen molar-refractivity contribution in [2.75, 3.05) is 0 Å². The first-order valence-electron chi connectivity index (χ1n) is 12.4. The second-order valence-electron chi connectivity index (χ2n) is 9.74. The minimum Gasteiger partial charge on any atom is -0.297 e. The van der Waals surface area contributed by atoms with Crippen molar-refractivity contribution in [3.63, 3.8) is 0 Å². The molecule has 190 valence electrons. The molecule has 38 heavy (non-hydrogen) atoms. The van der Waals surface area contributed by atoms with Crippen molar-refractivity contribution in [2.45, 2.75) is 40.8 Å². The molecule has 4 aromatic heterocycles. The van der Waals surface area contributed by atoms with E-state index in [1.165, 1.54) is 44.9 Å². The third-order valence-corrected chi connectivity index (χ3v) is 9.11. The minimum absolute atomic E-state index is 0.0992. The van der Waals surface area contributed by atoms with Crippen molar-refractivity contribution in [3.8, 4) is 22.3 Å². The largest absolute Gasteiger partial charge is 0.297 e. The molecular formula is C30H26N4O2S2. The maximum Gasteiger partial charge on any atom is 0.262 e. The summed E-state index contributed by atoms with van der Waals surface area (Å²) in [6.45, 7) is 8.94. The van der Waals surface area contributed by atoms with E-state index in [2.05, 4.69) is 74.1 Å². The van der Waals surface area contributed by atoms with E-state index in [-0.39, 0.29) is 11.1 Å². The van der Waals surface area contributed by atoms with Gasteiger partial charge in [-0.05, 0) is 61.1 Å². The molecule has 0 saturated carbocycles. The second kappa shape index (κ2) is 9.45. The molecule has 0 atom stereocenters. The zero-order valence-electron chi connectivity index (χ0n) is 21.6. The first kappa shape index (κ1) is 24.5. The molecule has 0 aliphatic heterocycles. The van der Waals surface area contributed by atoms with Crippen LogP contribution in [0.25, 0.3) is 42.7 Å². The van der Waals surface area contributed by atoms with Crippen LogP contribution in [0.3, 0.4) is 0 Å². The van der Waals surface area contributed by atoms with Gasteiger partial charge >= 0.3 is 0 Å². The molecule has 0 unspecified atom stereocenters. The van der Waals surface area contributed by atoms with Crippen LogP contribution in [-0.2, 0) is 13.1 Å². The van der Waals surface area contributed by atoms with Crippen LogP contribution < -0.4 is 11.1 Å². The Morgan fingerprint density at radius 2 is 1.05 bits per heavy atom. The van der Waals surface area contributed by atoms with Crippen molar-refractivity contribution < 1.29 is 0 Å². The molecule has 0 amide bonds. The topological polar surface area (TPSA) is 69.8 Å². The van der Waals surface area contributed by atoms with E-state index in [4.69, 9.17) is 0 Å². The quantitative estimate of drug-likeness (QED) is 0.251. The maximum absolute atomic E-state index is 13.5. The summed E-state index contributed by atoms with van der Waals surface area (Å²) in [5, 5.41) is 5.25. The third-order valence-electron chi connectivity index (χ3n) is 7.34.